The van der Waals surface area contributed by atoms with Crippen LogP contribution >= 0.6 is 0 Å². The number of aryl methyl sites for hydroxylation is 2. The molecular weight excluding hydrogens is 348 g/mol. The summed E-state index contributed by atoms with van der Waals surface area (Å²) in [4.78, 5) is 4.66. The van der Waals surface area contributed by atoms with Gasteiger partial charge in [0, 0.05) is 24.2 Å². The van der Waals surface area contributed by atoms with Crippen molar-refractivity contribution in [2.24, 2.45) is 7.05 Å². The zero-order valence-electron chi connectivity index (χ0n) is 16.0. The molecular formula is C19H24N4O2S. The summed E-state index contributed by atoms with van der Waals surface area (Å²) >= 11 is 0. The van der Waals surface area contributed by atoms with E-state index in [1.54, 1.807) is 49.8 Å². The lowest BCUT2D eigenvalue weighted by Crippen LogP contribution is -2.27. The van der Waals surface area contributed by atoms with Gasteiger partial charge in [-0.1, -0.05) is 0 Å². The molecule has 2 aromatic heterocycles. The van der Waals surface area contributed by atoms with Gasteiger partial charge >= 0.3 is 0 Å². The summed E-state index contributed by atoms with van der Waals surface area (Å²) in [6.07, 6.45) is 1.71. The Hall–Kier alpha value is -2.41. The lowest BCUT2D eigenvalue weighted by Gasteiger charge is -2.20. The fraction of sp³-hybridized carbons (Fsp3) is 0.368. The first kappa shape index (κ1) is 18.4. The number of benzene rings is 1. The Kier molecular flexibility index (Phi) is 4.30. The number of nitrogens with one attached hydrogen (secondary N) is 1. The Bertz CT molecular complexity index is 1090. The molecule has 3 aromatic rings. The summed E-state index contributed by atoms with van der Waals surface area (Å²) in [6.45, 7) is 9.08. The SMILES string of the molecule is Cc1nn(C)c(Nc2ccnc3ccc(S(=O)(=O)C(C)(C)C)cc23)c1C. The van der Waals surface area contributed by atoms with E-state index >= 15 is 0 Å². The number of nitrogens with zero attached hydrogens (tertiary/aromatic N) is 3. The van der Waals surface area contributed by atoms with Crippen LogP contribution in [0.5, 0.6) is 0 Å². The predicted octanol–water partition coefficient (Wildman–Crippen LogP) is 3.90. The van der Waals surface area contributed by atoms with Gasteiger partial charge in [-0.25, -0.2) is 8.42 Å². The quantitative estimate of drug-likeness (QED) is 0.754. The zero-order valence-corrected chi connectivity index (χ0v) is 16.8. The van der Waals surface area contributed by atoms with Crippen LogP contribution in [0.1, 0.15) is 32.0 Å². The zero-order chi connectivity index (χ0) is 19.3. The van der Waals surface area contributed by atoms with Crippen molar-refractivity contribution in [1.29, 1.82) is 0 Å². The van der Waals surface area contributed by atoms with Gasteiger partial charge in [-0.05, 0) is 58.9 Å². The molecule has 2 heterocycles. The van der Waals surface area contributed by atoms with Crippen LogP contribution in [0.15, 0.2) is 35.4 Å². The van der Waals surface area contributed by atoms with Crippen molar-refractivity contribution in [2.45, 2.75) is 44.3 Å². The van der Waals surface area contributed by atoms with E-state index in [1.807, 2.05) is 27.0 Å². The van der Waals surface area contributed by atoms with Gasteiger partial charge in [0.05, 0.1) is 26.5 Å². The lowest BCUT2D eigenvalue weighted by atomic mass is 10.2. The van der Waals surface area contributed by atoms with Gasteiger partial charge < -0.3 is 5.32 Å². The third kappa shape index (κ3) is 2.96. The van der Waals surface area contributed by atoms with E-state index < -0.39 is 14.6 Å². The number of hydrogen-bond acceptors (Lipinski definition) is 5. The molecule has 3 rings (SSSR count). The molecule has 6 nitrogen and oxygen atoms in total. The molecule has 0 fully saturated rings. The molecule has 1 aromatic carbocycles. The van der Waals surface area contributed by atoms with Crippen molar-refractivity contribution in [3.63, 3.8) is 0 Å². The summed E-state index contributed by atoms with van der Waals surface area (Å²) in [5, 5.41) is 8.57. The van der Waals surface area contributed by atoms with Crippen molar-refractivity contribution in [3.8, 4) is 0 Å². The predicted molar refractivity (Wildman–Crippen MR) is 105 cm³/mol. The first-order valence-corrected chi connectivity index (χ1v) is 9.91. The van der Waals surface area contributed by atoms with E-state index in [2.05, 4.69) is 15.4 Å². The van der Waals surface area contributed by atoms with Crippen LogP contribution in [0.2, 0.25) is 0 Å². The second-order valence-electron chi connectivity index (χ2n) is 7.46. The molecule has 0 saturated carbocycles. The Morgan fingerprint density at radius 3 is 2.38 bits per heavy atom. The molecule has 0 saturated heterocycles. The highest BCUT2D eigenvalue weighted by atomic mass is 32.2. The minimum atomic E-state index is -3.44. The maximum atomic E-state index is 12.8. The molecule has 1 N–H and O–H groups in total. The second-order valence-corrected chi connectivity index (χ2v) is 10.2. The number of fused-ring (bicyclic) bond motifs is 1. The van der Waals surface area contributed by atoms with Crippen molar-refractivity contribution >= 4 is 32.2 Å². The molecule has 0 aliphatic carbocycles. The average Bonchev–Trinajstić information content (AvgIpc) is 2.80. The van der Waals surface area contributed by atoms with Crippen molar-refractivity contribution in [1.82, 2.24) is 14.8 Å². The number of aromatic nitrogens is 3. The van der Waals surface area contributed by atoms with Crippen LogP contribution in [0.4, 0.5) is 11.5 Å². The topological polar surface area (TPSA) is 76.9 Å². The van der Waals surface area contributed by atoms with E-state index in [0.717, 1.165) is 33.7 Å². The molecule has 138 valence electrons. The molecule has 0 radical (unpaired) electrons. The Balaban J connectivity index is 2.17. The third-order valence-corrected chi connectivity index (χ3v) is 7.09. The number of hydrogen-bond donors (Lipinski definition) is 1. The highest BCUT2D eigenvalue weighted by Gasteiger charge is 2.31. The van der Waals surface area contributed by atoms with Crippen LogP contribution in [0, 0.1) is 13.8 Å². The molecule has 0 aliphatic heterocycles. The van der Waals surface area contributed by atoms with Gasteiger partial charge in [0.2, 0.25) is 0 Å². The lowest BCUT2D eigenvalue weighted by molar-refractivity contribution is 0.560. The van der Waals surface area contributed by atoms with Gasteiger partial charge in [0.25, 0.3) is 0 Å². The maximum Gasteiger partial charge on any atom is 0.183 e. The summed E-state index contributed by atoms with van der Waals surface area (Å²) in [5.74, 6) is 0.874. The smallest absolute Gasteiger partial charge is 0.183 e. The monoisotopic (exact) mass is 372 g/mol. The molecule has 0 amide bonds. The van der Waals surface area contributed by atoms with Gasteiger partial charge in [-0.3, -0.25) is 9.67 Å². The minimum Gasteiger partial charge on any atom is -0.340 e. The molecule has 0 bridgehead atoms. The number of rotatable bonds is 3. The fourth-order valence-corrected chi connectivity index (χ4v) is 4.05. The highest BCUT2D eigenvalue weighted by Crippen LogP contribution is 2.32. The van der Waals surface area contributed by atoms with E-state index in [4.69, 9.17) is 0 Å². The Labute approximate surface area is 154 Å². The van der Waals surface area contributed by atoms with Gasteiger partial charge in [-0.2, -0.15) is 5.10 Å². The van der Waals surface area contributed by atoms with E-state index in [9.17, 15) is 8.42 Å². The molecule has 0 aliphatic rings. The first-order chi connectivity index (χ1) is 12.0. The number of sulfone groups is 1. The van der Waals surface area contributed by atoms with Gasteiger partial charge in [-0.15, -0.1) is 0 Å². The van der Waals surface area contributed by atoms with Crippen molar-refractivity contribution in [2.75, 3.05) is 5.32 Å². The Morgan fingerprint density at radius 1 is 1.12 bits per heavy atom. The summed E-state index contributed by atoms with van der Waals surface area (Å²) in [5.41, 5.74) is 3.53. The van der Waals surface area contributed by atoms with Crippen molar-refractivity contribution in [3.05, 3.63) is 41.7 Å². The molecule has 26 heavy (non-hydrogen) atoms. The van der Waals surface area contributed by atoms with E-state index in [0.29, 0.717) is 4.90 Å². The standard InChI is InChI=1S/C19H24N4O2S/c1-12-13(2)22-23(6)18(12)21-17-9-10-20-16-8-7-14(11-15(16)17)26(24,25)19(3,4)5/h7-11H,1-6H3,(H,20,21). The van der Waals surface area contributed by atoms with Crippen LogP contribution in [0.25, 0.3) is 10.9 Å². The molecule has 7 heteroatoms. The Morgan fingerprint density at radius 2 is 1.81 bits per heavy atom. The van der Waals surface area contributed by atoms with Crippen molar-refractivity contribution < 1.29 is 8.42 Å². The average molecular weight is 372 g/mol. The molecule has 0 atom stereocenters. The van der Waals surface area contributed by atoms with Crippen LogP contribution in [-0.2, 0) is 16.9 Å². The van der Waals surface area contributed by atoms with Crippen LogP contribution in [0.3, 0.4) is 0 Å². The highest BCUT2D eigenvalue weighted by molar-refractivity contribution is 7.92. The van der Waals surface area contributed by atoms with E-state index in [-0.39, 0.29) is 0 Å². The summed E-state index contributed by atoms with van der Waals surface area (Å²) in [6, 6.07) is 6.92. The third-order valence-electron chi connectivity index (χ3n) is 4.60. The number of pyridine rings is 1. The first-order valence-electron chi connectivity index (χ1n) is 8.43. The van der Waals surface area contributed by atoms with Gasteiger partial charge in [0.15, 0.2) is 9.84 Å². The van der Waals surface area contributed by atoms with E-state index in [1.165, 1.54) is 0 Å². The van der Waals surface area contributed by atoms with Crippen LogP contribution in [-0.4, -0.2) is 27.9 Å². The second kappa shape index (κ2) is 6.09. The fourth-order valence-electron chi connectivity index (χ4n) is 2.82. The molecule has 0 unspecified atom stereocenters. The minimum absolute atomic E-state index is 0.298. The summed E-state index contributed by atoms with van der Waals surface area (Å²) < 4.78 is 26.6. The van der Waals surface area contributed by atoms with Crippen LogP contribution < -0.4 is 5.32 Å². The number of anilines is 2. The largest absolute Gasteiger partial charge is 0.340 e. The maximum absolute atomic E-state index is 12.8. The summed E-state index contributed by atoms with van der Waals surface area (Å²) in [7, 11) is -1.57. The molecule has 0 spiro atoms. The van der Waals surface area contributed by atoms with Gasteiger partial charge in [0.1, 0.15) is 5.82 Å². The normalized spacial score (nSPS) is 12.5.